The van der Waals surface area contributed by atoms with Crippen LogP contribution in [0.4, 0.5) is 0 Å². The van der Waals surface area contributed by atoms with E-state index in [1.54, 1.807) is 5.56 Å². The summed E-state index contributed by atoms with van der Waals surface area (Å²) >= 11 is 0. The summed E-state index contributed by atoms with van der Waals surface area (Å²) in [5, 5.41) is 0. The quantitative estimate of drug-likeness (QED) is 0.607. The number of benzene rings is 2. The zero-order chi connectivity index (χ0) is 13.6. The molecule has 3 rings (SSSR count). The van der Waals surface area contributed by atoms with Crippen LogP contribution in [-0.4, -0.2) is 0 Å². The standard InChI is InChI=1S/C20H24/c1-2-5-9-17(10-6-3-1)19-13-15-20(16-14-19)18-11-7-4-8-12-18/h4,7-8,11-17H,1-3,5-6,9-10H2. The number of rotatable bonds is 2. The monoisotopic (exact) mass is 264 g/mol. The molecule has 104 valence electrons. The van der Waals surface area contributed by atoms with Crippen LogP contribution in [0.5, 0.6) is 0 Å². The Labute approximate surface area is 122 Å². The molecule has 0 saturated heterocycles. The van der Waals surface area contributed by atoms with Gasteiger partial charge in [-0.3, -0.25) is 0 Å². The van der Waals surface area contributed by atoms with Crippen molar-refractivity contribution in [3.63, 3.8) is 0 Å². The van der Waals surface area contributed by atoms with Crippen LogP contribution in [0, 0.1) is 0 Å². The second-order valence-electron chi connectivity index (χ2n) is 6.03. The third-order valence-electron chi connectivity index (χ3n) is 4.59. The van der Waals surface area contributed by atoms with Gasteiger partial charge < -0.3 is 0 Å². The molecule has 0 aliphatic heterocycles. The van der Waals surface area contributed by atoms with Gasteiger partial charge in [0.05, 0.1) is 0 Å². The van der Waals surface area contributed by atoms with Gasteiger partial charge in [-0.25, -0.2) is 0 Å². The average molecular weight is 264 g/mol. The zero-order valence-electron chi connectivity index (χ0n) is 12.2. The Morgan fingerprint density at radius 1 is 0.550 bits per heavy atom. The van der Waals surface area contributed by atoms with E-state index >= 15 is 0 Å². The Morgan fingerprint density at radius 3 is 1.75 bits per heavy atom. The fraction of sp³-hybridized carbons (Fsp3) is 0.400. The van der Waals surface area contributed by atoms with Crippen molar-refractivity contribution in [2.24, 2.45) is 0 Å². The van der Waals surface area contributed by atoms with Gasteiger partial charge in [-0.1, -0.05) is 86.7 Å². The van der Waals surface area contributed by atoms with Crippen molar-refractivity contribution in [1.82, 2.24) is 0 Å². The molecule has 0 heterocycles. The maximum Gasteiger partial charge on any atom is -0.0162 e. The summed E-state index contributed by atoms with van der Waals surface area (Å²) < 4.78 is 0. The Morgan fingerprint density at radius 2 is 1.10 bits per heavy atom. The lowest BCUT2D eigenvalue weighted by atomic mass is 9.85. The molecule has 0 heteroatoms. The maximum absolute atomic E-state index is 2.36. The lowest BCUT2D eigenvalue weighted by molar-refractivity contribution is 0.455. The molecule has 0 N–H and O–H groups in total. The van der Waals surface area contributed by atoms with Crippen LogP contribution in [0.15, 0.2) is 54.6 Å². The van der Waals surface area contributed by atoms with Gasteiger partial charge in [0, 0.05) is 0 Å². The minimum Gasteiger partial charge on any atom is -0.0622 e. The van der Waals surface area contributed by atoms with Gasteiger partial charge in [-0.15, -0.1) is 0 Å². The highest BCUT2D eigenvalue weighted by molar-refractivity contribution is 5.63. The fourth-order valence-corrected chi connectivity index (χ4v) is 3.37. The first-order valence-corrected chi connectivity index (χ1v) is 8.09. The van der Waals surface area contributed by atoms with Crippen molar-refractivity contribution in [1.29, 1.82) is 0 Å². The van der Waals surface area contributed by atoms with Crippen molar-refractivity contribution in [3.05, 3.63) is 60.2 Å². The molecule has 0 radical (unpaired) electrons. The molecule has 20 heavy (non-hydrogen) atoms. The molecule has 0 unspecified atom stereocenters. The largest absolute Gasteiger partial charge is 0.0622 e. The highest BCUT2D eigenvalue weighted by atomic mass is 14.2. The first-order chi connectivity index (χ1) is 9.93. The van der Waals surface area contributed by atoms with Crippen molar-refractivity contribution < 1.29 is 0 Å². The molecule has 1 saturated carbocycles. The molecule has 1 aliphatic carbocycles. The van der Waals surface area contributed by atoms with E-state index in [1.807, 2.05) is 0 Å². The predicted octanol–water partition coefficient (Wildman–Crippen LogP) is 6.18. The Kier molecular flexibility index (Phi) is 4.53. The van der Waals surface area contributed by atoms with Crippen LogP contribution in [-0.2, 0) is 0 Å². The van der Waals surface area contributed by atoms with E-state index in [2.05, 4.69) is 54.6 Å². The van der Waals surface area contributed by atoms with Gasteiger partial charge in [0.2, 0.25) is 0 Å². The minimum atomic E-state index is 0.792. The van der Waals surface area contributed by atoms with Crippen LogP contribution >= 0.6 is 0 Å². The van der Waals surface area contributed by atoms with E-state index in [9.17, 15) is 0 Å². The van der Waals surface area contributed by atoms with E-state index in [0.717, 1.165) is 5.92 Å². The maximum atomic E-state index is 2.36. The van der Waals surface area contributed by atoms with Gasteiger partial charge in [-0.2, -0.15) is 0 Å². The molecule has 0 spiro atoms. The van der Waals surface area contributed by atoms with Crippen LogP contribution in [0.3, 0.4) is 0 Å². The second kappa shape index (κ2) is 6.74. The Bertz CT molecular complexity index is 501. The van der Waals surface area contributed by atoms with E-state index in [-0.39, 0.29) is 0 Å². The number of hydrogen-bond acceptors (Lipinski definition) is 0. The highest BCUT2D eigenvalue weighted by Gasteiger charge is 2.13. The normalized spacial score (nSPS) is 17.4. The van der Waals surface area contributed by atoms with Gasteiger partial charge in [-0.05, 0) is 35.4 Å². The Hall–Kier alpha value is -1.56. The summed E-state index contributed by atoms with van der Waals surface area (Å²) in [6.45, 7) is 0. The van der Waals surface area contributed by atoms with Crippen molar-refractivity contribution in [2.45, 2.75) is 50.9 Å². The van der Waals surface area contributed by atoms with Gasteiger partial charge in [0.1, 0.15) is 0 Å². The van der Waals surface area contributed by atoms with E-state index < -0.39 is 0 Å². The molecule has 0 atom stereocenters. The van der Waals surface area contributed by atoms with Crippen LogP contribution < -0.4 is 0 Å². The van der Waals surface area contributed by atoms with Crippen LogP contribution in [0.2, 0.25) is 0 Å². The van der Waals surface area contributed by atoms with Crippen LogP contribution in [0.25, 0.3) is 11.1 Å². The molecule has 1 aliphatic rings. The van der Waals surface area contributed by atoms with Crippen molar-refractivity contribution in [2.75, 3.05) is 0 Å². The summed E-state index contributed by atoms with van der Waals surface area (Å²) in [5.41, 5.74) is 4.20. The molecule has 1 fully saturated rings. The summed E-state index contributed by atoms with van der Waals surface area (Å²) in [7, 11) is 0. The highest BCUT2D eigenvalue weighted by Crippen LogP contribution is 2.32. The number of hydrogen-bond donors (Lipinski definition) is 0. The van der Waals surface area contributed by atoms with E-state index in [0.29, 0.717) is 0 Å². The summed E-state index contributed by atoms with van der Waals surface area (Å²) in [6.07, 6.45) is 9.88. The van der Waals surface area contributed by atoms with Crippen molar-refractivity contribution in [3.8, 4) is 11.1 Å². The van der Waals surface area contributed by atoms with Gasteiger partial charge in [0.25, 0.3) is 0 Å². The summed E-state index contributed by atoms with van der Waals surface area (Å²) in [6, 6.07) is 20.0. The first kappa shape index (κ1) is 13.4. The molecule has 0 bridgehead atoms. The fourth-order valence-electron chi connectivity index (χ4n) is 3.37. The molecule has 0 amide bonds. The molecule has 2 aromatic rings. The van der Waals surface area contributed by atoms with E-state index in [1.165, 1.54) is 56.1 Å². The second-order valence-corrected chi connectivity index (χ2v) is 6.03. The van der Waals surface area contributed by atoms with Crippen molar-refractivity contribution >= 4 is 0 Å². The molecule has 2 aromatic carbocycles. The molecular formula is C20H24. The third kappa shape index (κ3) is 3.30. The lowest BCUT2D eigenvalue weighted by Crippen LogP contribution is -2.02. The topological polar surface area (TPSA) is 0 Å². The Balaban J connectivity index is 1.75. The third-order valence-corrected chi connectivity index (χ3v) is 4.59. The van der Waals surface area contributed by atoms with Gasteiger partial charge in [0.15, 0.2) is 0 Å². The summed E-state index contributed by atoms with van der Waals surface area (Å²) in [5.74, 6) is 0.792. The minimum absolute atomic E-state index is 0.792. The SMILES string of the molecule is c1ccc(-c2ccc(C3CCCCCCC3)cc2)cc1. The molecular weight excluding hydrogens is 240 g/mol. The zero-order valence-corrected chi connectivity index (χ0v) is 12.2. The van der Waals surface area contributed by atoms with Gasteiger partial charge >= 0.3 is 0 Å². The molecule has 0 nitrogen and oxygen atoms in total. The first-order valence-electron chi connectivity index (χ1n) is 8.09. The smallest absolute Gasteiger partial charge is 0.0162 e. The average Bonchev–Trinajstić information content (AvgIpc) is 2.48. The lowest BCUT2D eigenvalue weighted by Gasteiger charge is -2.20. The molecule has 0 aromatic heterocycles. The predicted molar refractivity (Wildman–Crippen MR) is 86.9 cm³/mol. The van der Waals surface area contributed by atoms with E-state index in [4.69, 9.17) is 0 Å². The summed E-state index contributed by atoms with van der Waals surface area (Å²) in [4.78, 5) is 0. The van der Waals surface area contributed by atoms with Crippen LogP contribution in [0.1, 0.15) is 56.4 Å².